The number of carbonyl (C=O) groups excluding carboxylic acids is 2. The number of benzene rings is 1. The normalized spacial score (nSPS) is 13.3. The molecule has 1 radical (unpaired) electrons. The Labute approximate surface area is 175 Å². The standard InChI is InChI=1S/C19H14O2S2.Y/c20-15(8-4-7-14-5-2-1-3-6-14)13-23-16-11-18(21)17-9-10-22-19(17)12-16;/h1-3,5,7,9-10,12H,8,11,13H2;/q-2;. The summed E-state index contributed by atoms with van der Waals surface area (Å²) < 4.78 is 0. The summed E-state index contributed by atoms with van der Waals surface area (Å²) in [5.74, 6) is 0.622. The Balaban J connectivity index is 0.00000208. The molecular formula is C19H14O2S2Y-2. The Bertz CT molecular complexity index is 776. The van der Waals surface area contributed by atoms with Crippen LogP contribution in [0.2, 0.25) is 0 Å². The van der Waals surface area contributed by atoms with Gasteiger partial charge >= 0.3 is 0 Å². The van der Waals surface area contributed by atoms with Crippen LogP contribution in [0.5, 0.6) is 0 Å². The van der Waals surface area contributed by atoms with Crippen LogP contribution < -0.4 is 0 Å². The quantitative estimate of drug-likeness (QED) is 0.628. The second kappa shape index (κ2) is 9.62. The first-order valence-electron chi connectivity index (χ1n) is 7.21. The van der Waals surface area contributed by atoms with Gasteiger partial charge in [0.2, 0.25) is 0 Å². The number of rotatable bonds is 6. The maximum absolute atomic E-state index is 12.0. The van der Waals surface area contributed by atoms with Crippen LogP contribution in [0.1, 0.15) is 33.6 Å². The van der Waals surface area contributed by atoms with Gasteiger partial charge in [0.05, 0.1) is 5.75 Å². The zero-order valence-electron chi connectivity index (χ0n) is 13.0. The van der Waals surface area contributed by atoms with E-state index >= 15 is 0 Å². The van der Waals surface area contributed by atoms with Crippen molar-refractivity contribution < 1.29 is 42.3 Å². The Morgan fingerprint density at radius 3 is 3.04 bits per heavy atom. The van der Waals surface area contributed by atoms with Crippen LogP contribution in [0.4, 0.5) is 0 Å². The third kappa shape index (κ3) is 5.35. The summed E-state index contributed by atoms with van der Waals surface area (Å²) in [4.78, 5) is 25.9. The fraction of sp³-hybridized carbons (Fsp3) is 0.158. The van der Waals surface area contributed by atoms with Gasteiger partial charge in [0.25, 0.3) is 0 Å². The van der Waals surface area contributed by atoms with Crippen molar-refractivity contribution in [1.82, 2.24) is 0 Å². The minimum absolute atomic E-state index is 0. The monoisotopic (exact) mass is 427 g/mol. The molecule has 0 atom stereocenters. The van der Waals surface area contributed by atoms with Crippen LogP contribution in [0.15, 0.2) is 40.6 Å². The molecule has 0 aliphatic heterocycles. The van der Waals surface area contributed by atoms with Gasteiger partial charge in [0, 0.05) is 49.6 Å². The zero-order chi connectivity index (χ0) is 16.1. The summed E-state index contributed by atoms with van der Waals surface area (Å²) in [5, 5.41) is 1.93. The minimum Gasteiger partial charge on any atom is -0.319 e. The van der Waals surface area contributed by atoms with Gasteiger partial charge in [-0.05, 0) is 22.4 Å². The van der Waals surface area contributed by atoms with E-state index in [0.29, 0.717) is 12.2 Å². The van der Waals surface area contributed by atoms with Crippen LogP contribution in [-0.4, -0.2) is 17.3 Å². The molecule has 2 aromatic rings. The van der Waals surface area contributed by atoms with Gasteiger partial charge in [-0.1, -0.05) is 6.42 Å². The first-order chi connectivity index (χ1) is 11.2. The summed E-state index contributed by atoms with van der Waals surface area (Å²) >= 11 is 3.02. The van der Waals surface area contributed by atoms with E-state index in [2.05, 4.69) is 12.1 Å². The van der Waals surface area contributed by atoms with E-state index in [4.69, 9.17) is 0 Å². The molecule has 119 valence electrons. The molecule has 0 fully saturated rings. The molecule has 2 nitrogen and oxygen atoms in total. The predicted octanol–water partition coefficient (Wildman–Crippen LogP) is 4.68. The van der Waals surface area contributed by atoms with E-state index in [0.717, 1.165) is 20.9 Å². The maximum atomic E-state index is 12.0. The Morgan fingerprint density at radius 1 is 1.38 bits per heavy atom. The number of fused-ring (bicyclic) bond motifs is 1. The number of hydrogen-bond donors (Lipinski definition) is 0. The van der Waals surface area contributed by atoms with E-state index in [1.54, 1.807) is 17.4 Å². The third-order valence-electron chi connectivity index (χ3n) is 3.33. The Kier molecular flexibility index (Phi) is 7.82. The van der Waals surface area contributed by atoms with Crippen molar-refractivity contribution in [1.29, 1.82) is 0 Å². The summed E-state index contributed by atoms with van der Waals surface area (Å²) in [7, 11) is 0. The van der Waals surface area contributed by atoms with Gasteiger partial charge in [-0.25, -0.2) is 12.1 Å². The second-order valence-corrected chi connectivity index (χ2v) is 7.13. The Morgan fingerprint density at radius 2 is 2.25 bits per heavy atom. The van der Waals surface area contributed by atoms with Crippen molar-refractivity contribution in [2.45, 2.75) is 12.8 Å². The average molecular weight is 427 g/mol. The molecule has 0 saturated heterocycles. The smallest absolute Gasteiger partial charge is 0.169 e. The van der Waals surface area contributed by atoms with Gasteiger partial charge in [-0.2, -0.15) is 12.1 Å². The molecule has 0 unspecified atom stereocenters. The summed E-state index contributed by atoms with van der Waals surface area (Å²) in [6, 6.07) is 12.5. The molecule has 0 spiro atoms. The number of allylic oxidation sites excluding steroid dienone is 2. The third-order valence-corrected chi connectivity index (χ3v) is 5.29. The minimum atomic E-state index is 0. The van der Waals surface area contributed by atoms with E-state index in [9.17, 15) is 9.59 Å². The van der Waals surface area contributed by atoms with Crippen molar-refractivity contribution >= 4 is 46.8 Å². The molecule has 1 aromatic heterocycles. The number of thioether (sulfide) groups is 1. The van der Waals surface area contributed by atoms with Crippen molar-refractivity contribution in [2.24, 2.45) is 0 Å². The van der Waals surface area contributed by atoms with Gasteiger partial charge < -0.3 is 22.5 Å². The van der Waals surface area contributed by atoms with Gasteiger partial charge in [-0.15, -0.1) is 29.2 Å². The molecule has 1 heterocycles. The molecule has 0 bridgehead atoms. The number of thiophene rings is 1. The topological polar surface area (TPSA) is 34.1 Å². The SMILES string of the molecule is O=C(C[C-]=Cc1[c-]cccc1)CSC1=Cc2sccc2C(=O)C1.[Y]. The predicted molar refractivity (Wildman–Crippen MR) is 96.3 cm³/mol. The molecule has 3 rings (SSSR count). The van der Waals surface area contributed by atoms with Crippen molar-refractivity contribution in [3.05, 3.63) is 68.8 Å². The van der Waals surface area contributed by atoms with Gasteiger partial charge in [0.15, 0.2) is 5.78 Å². The number of carbonyl (C=O) groups is 2. The van der Waals surface area contributed by atoms with E-state index in [-0.39, 0.29) is 50.7 Å². The van der Waals surface area contributed by atoms with Crippen LogP contribution in [-0.2, 0) is 37.5 Å². The van der Waals surface area contributed by atoms with Crippen LogP contribution in [0.25, 0.3) is 12.2 Å². The summed E-state index contributed by atoms with van der Waals surface area (Å²) in [6.45, 7) is 0. The van der Waals surface area contributed by atoms with Crippen LogP contribution in [0.3, 0.4) is 0 Å². The summed E-state index contributed by atoms with van der Waals surface area (Å²) in [6.07, 6.45) is 7.50. The molecule has 1 aliphatic carbocycles. The largest absolute Gasteiger partial charge is 0.319 e. The number of Topliss-reactive ketones (excluding diaryl/α,β-unsaturated/α-hetero) is 2. The van der Waals surface area contributed by atoms with E-state index in [1.807, 2.05) is 41.8 Å². The molecule has 0 N–H and O–H groups in total. The van der Waals surface area contributed by atoms with Gasteiger partial charge in [-0.3, -0.25) is 4.79 Å². The molecule has 0 saturated carbocycles. The fourth-order valence-electron chi connectivity index (χ4n) is 2.20. The molecule has 0 amide bonds. The maximum Gasteiger partial charge on any atom is 0.169 e. The first kappa shape index (κ1) is 19.5. The second-order valence-electron chi connectivity index (χ2n) is 5.08. The van der Waals surface area contributed by atoms with Gasteiger partial charge in [0.1, 0.15) is 5.78 Å². The number of ketones is 2. The van der Waals surface area contributed by atoms with E-state index in [1.165, 1.54) is 11.8 Å². The summed E-state index contributed by atoms with van der Waals surface area (Å²) in [5.41, 5.74) is 1.72. The van der Waals surface area contributed by atoms with Crippen molar-refractivity contribution in [2.75, 3.05) is 5.75 Å². The van der Waals surface area contributed by atoms with E-state index < -0.39 is 0 Å². The Hall–Kier alpha value is -0.806. The molecular weight excluding hydrogens is 413 g/mol. The van der Waals surface area contributed by atoms with Crippen LogP contribution in [0, 0.1) is 12.1 Å². The van der Waals surface area contributed by atoms with Crippen LogP contribution >= 0.6 is 23.1 Å². The fourth-order valence-corrected chi connectivity index (χ4v) is 4.03. The molecule has 1 aliphatic rings. The van der Waals surface area contributed by atoms with Crippen molar-refractivity contribution in [3.63, 3.8) is 0 Å². The average Bonchev–Trinajstić information content (AvgIpc) is 3.03. The molecule has 1 aromatic carbocycles. The zero-order valence-corrected chi connectivity index (χ0v) is 17.4. The molecule has 24 heavy (non-hydrogen) atoms. The number of hydrogen-bond acceptors (Lipinski definition) is 4. The first-order valence-corrected chi connectivity index (χ1v) is 9.08. The van der Waals surface area contributed by atoms with Crippen molar-refractivity contribution in [3.8, 4) is 0 Å². The molecule has 5 heteroatoms.